The number of nitrogens with one attached hydrogen (secondary N) is 1. The molecule has 3 nitrogen and oxygen atoms in total. The average Bonchev–Trinajstić information content (AvgIpc) is 2.34. The van der Waals surface area contributed by atoms with E-state index in [-0.39, 0.29) is 0 Å². The van der Waals surface area contributed by atoms with Crippen LogP contribution >= 0.6 is 0 Å². The highest BCUT2D eigenvalue weighted by Gasteiger charge is 2.17. The largest absolute Gasteiger partial charge is 0.508 e. The quantitative estimate of drug-likeness (QED) is 0.744. The molecule has 0 amide bonds. The molecule has 0 atom stereocenters. The number of phenols is 1. The number of nitrogens with two attached hydrogens (primary N) is 1. The second kappa shape index (κ2) is 6.03. The molecule has 1 saturated carbocycles. The van der Waals surface area contributed by atoms with E-state index in [1.165, 1.54) is 18.4 Å². The highest BCUT2D eigenvalue weighted by Crippen LogP contribution is 2.17. The minimum Gasteiger partial charge on any atom is -0.508 e. The molecule has 1 aromatic rings. The van der Waals surface area contributed by atoms with E-state index in [1.807, 2.05) is 12.1 Å². The maximum absolute atomic E-state index is 9.18. The van der Waals surface area contributed by atoms with Crippen LogP contribution in [0.4, 0.5) is 0 Å². The minimum atomic E-state index is 0.336. The summed E-state index contributed by atoms with van der Waals surface area (Å²) in [4.78, 5) is 0. The zero-order valence-electron chi connectivity index (χ0n) is 10.2. The van der Waals surface area contributed by atoms with Crippen LogP contribution in [0.3, 0.4) is 0 Å². The molecule has 0 aliphatic heterocycles. The maximum Gasteiger partial charge on any atom is 0.115 e. The van der Waals surface area contributed by atoms with Crippen molar-refractivity contribution in [3.05, 3.63) is 29.8 Å². The van der Waals surface area contributed by atoms with Gasteiger partial charge in [0.1, 0.15) is 5.75 Å². The molecule has 94 valence electrons. The monoisotopic (exact) mass is 234 g/mol. The van der Waals surface area contributed by atoms with Crippen LogP contribution in [0, 0.1) is 0 Å². The molecule has 0 saturated heterocycles. The Hall–Kier alpha value is -1.06. The number of hydrogen-bond acceptors (Lipinski definition) is 3. The molecule has 4 N–H and O–H groups in total. The van der Waals surface area contributed by atoms with Gasteiger partial charge in [-0.1, -0.05) is 12.1 Å². The second-order valence-corrected chi connectivity index (χ2v) is 4.98. The normalized spacial score (nSPS) is 24.8. The van der Waals surface area contributed by atoms with Crippen molar-refractivity contribution in [2.24, 2.45) is 5.73 Å². The summed E-state index contributed by atoms with van der Waals surface area (Å²) in [5, 5.41) is 12.8. The summed E-state index contributed by atoms with van der Waals surface area (Å²) in [7, 11) is 0. The SMILES string of the molecule is NC1CCC(NCCc2ccc(O)cc2)CC1. The lowest BCUT2D eigenvalue weighted by Gasteiger charge is -2.26. The van der Waals surface area contributed by atoms with Gasteiger partial charge in [0.15, 0.2) is 0 Å². The van der Waals surface area contributed by atoms with Crippen LogP contribution in [0.25, 0.3) is 0 Å². The second-order valence-electron chi connectivity index (χ2n) is 4.98. The Morgan fingerprint density at radius 3 is 2.41 bits per heavy atom. The fraction of sp³-hybridized carbons (Fsp3) is 0.571. The van der Waals surface area contributed by atoms with Gasteiger partial charge in [-0.15, -0.1) is 0 Å². The topological polar surface area (TPSA) is 58.3 Å². The average molecular weight is 234 g/mol. The maximum atomic E-state index is 9.18. The molecule has 17 heavy (non-hydrogen) atoms. The van der Waals surface area contributed by atoms with E-state index in [4.69, 9.17) is 5.73 Å². The highest BCUT2D eigenvalue weighted by atomic mass is 16.3. The Balaban J connectivity index is 1.67. The number of benzene rings is 1. The molecule has 1 aliphatic carbocycles. The molecule has 0 aromatic heterocycles. The van der Waals surface area contributed by atoms with Crippen molar-refractivity contribution in [1.82, 2.24) is 5.32 Å². The van der Waals surface area contributed by atoms with Crippen molar-refractivity contribution in [1.29, 1.82) is 0 Å². The van der Waals surface area contributed by atoms with Gasteiger partial charge in [-0.2, -0.15) is 0 Å². The van der Waals surface area contributed by atoms with Gasteiger partial charge >= 0.3 is 0 Å². The van der Waals surface area contributed by atoms with Gasteiger partial charge in [0.05, 0.1) is 0 Å². The molecular weight excluding hydrogens is 212 g/mol. The molecule has 2 rings (SSSR count). The lowest BCUT2D eigenvalue weighted by molar-refractivity contribution is 0.344. The van der Waals surface area contributed by atoms with Gasteiger partial charge in [-0.3, -0.25) is 0 Å². The molecule has 3 heteroatoms. The van der Waals surface area contributed by atoms with E-state index in [2.05, 4.69) is 5.32 Å². The summed E-state index contributed by atoms with van der Waals surface area (Å²) in [6, 6.07) is 8.52. The Bertz CT molecular complexity index is 329. The van der Waals surface area contributed by atoms with E-state index in [0.717, 1.165) is 25.8 Å². The minimum absolute atomic E-state index is 0.336. The summed E-state index contributed by atoms with van der Waals surface area (Å²) in [5.74, 6) is 0.336. The third kappa shape index (κ3) is 4.02. The zero-order chi connectivity index (χ0) is 12.1. The number of rotatable bonds is 4. The van der Waals surface area contributed by atoms with Gasteiger partial charge in [0.2, 0.25) is 0 Å². The third-order valence-corrected chi connectivity index (χ3v) is 3.55. The molecule has 1 aromatic carbocycles. The number of aromatic hydroxyl groups is 1. The first-order valence-corrected chi connectivity index (χ1v) is 6.51. The van der Waals surface area contributed by atoms with Crippen LogP contribution < -0.4 is 11.1 Å². The van der Waals surface area contributed by atoms with Crippen molar-refractivity contribution in [2.45, 2.75) is 44.2 Å². The van der Waals surface area contributed by atoms with Crippen molar-refractivity contribution in [2.75, 3.05) is 6.54 Å². The van der Waals surface area contributed by atoms with Gasteiger partial charge in [0.25, 0.3) is 0 Å². The summed E-state index contributed by atoms with van der Waals surface area (Å²) >= 11 is 0. The molecule has 0 radical (unpaired) electrons. The Morgan fingerprint density at radius 2 is 1.76 bits per heavy atom. The van der Waals surface area contributed by atoms with E-state index in [1.54, 1.807) is 12.1 Å². The number of phenolic OH excluding ortho intramolecular Hbond substituents is 1. The van der Waals surface area contributed by atoms with Gasteiger partial charge in [0, 0.05) is 12.1 Å². The van der Waals surface area contributed by atoms with Gasteiger partial charge < -0.3 is 16.2 Å². The molecule has 0 bridgehead atoms. The Labute approximate surface area is 103 Å². The van der Waals surface area contributed by atoms with E-state index in [0.29, 0.717) is 17.8 Å². The summed E-state index contributed by atoms with van der Waals surface area (Å²) in [6.07, 6.45) is 5.73. The highest BCUT2D eigenvalue weighted by molar-refractivity contribution is 5.25. The molecule has 0 spiro atoms. The van der Waals surface area contributed by atoms with Crippen molar-refractivity contribution in [3.63, 3.8) is 0 Å². The van der Waals surface area contributed by atoms with Gasteiger partial charge in [-0.25, -0.2) is 0 Å². The summed E-state index contributed by atoms with van der Waals surface area (Å²) < 4.78 is 0. The van der Waals surface area contributed by atoms with Crippen molar-refractivity contribution >= 4 is 0 Å². The van der Waals surface area contributed by atoms with E-state index < -0.39 is 0 Å². The lowest BCUT2D eigenvalue weighted by atomic mass is 9.92. The number of hydrogen-bond donors (Lipinski definition) is 3. The molecule has 1 aliphatic rings. The van der Waals surface area contributed by atoms with E-state index in [9.17, 15) is 5.11 Å². The van der Waals surface area contributed by atoms with Crippen molar-refractivity contribution < 1.29 is 5.11 Å². The Morgan fingerprint density at radius 1 is 1.12 bits per heavy atom. The van der Waals surface area contributed by atoms with Crippen LogP contribution in [0.1, 0.15) is 31.2 Å². The van der Waals surface area contributed by atoms with Crippen molar-refractivity contribution in [3.8, 4) is 5.75 Å². The molecule has 0 unspecified atom stereocenters. The summed E-state index contributed by atoms with van der Waals surface area (Å²) in [5.41, 5.74) is 7.15. The fourth-order valence-electron chi connectivity index (χ4n) is 2.41. The first-order valence-electron chi connectivity index (χ1n) is 6.51. The Kier molecular flexibility index (Phi) is 4.40. The fourth-order valence-corrected chi connectivity index (χ4v) is 2.41. The van der Waals surface area contributed by atoms with Gasteiger partial charge in [-0.05, 0) is 56.3 Å². The predicted octanol–water partition coefficient (Wildman–Crippen LogP) is 1.79. The predicted molar refractivity (Wildman–Crippen MR) is 70.0 cm³/mol. The molecule has 1 fully saturated rings. The molecule has 0 heterocycles. The first kappa shape index (κ1) is 12.4. The van der Waals surface area contributed by atoms with E-state index >= 15 is 0 Å². The lowest BCUT2D eigenvalue weighted by Crippen LogP contribution is -2.38. The first-order chi connectivity index (χ1) is 8.24. The van der Waals surface area contributed by atoms with Crippen LogP contribution in [0.15, 0.2) is 24.3 Å². The summed E-state index contributed by atoms with van der Waals surface area (Å²) in [6.45, 7) is 1.00. The zero-order valence-corrected chi connectivity index (χ0v) is 10.2. The van der Waals surface area contributed by atoms with Crippen LogP contribution in [0.5, 0.6) is 5.75 Å². The third-order valence-electron chi connectivity index (χ3n) is 3.55. The molecular formula is C14H22N2O. The van der Waals surface area contributed by atoms with Crippen LogP contribution in [-0.4, -0.2) is 23.7 Å². The smallest absolute Gasteiger partial charge is 0.115 e. The standard InChI is InChI=1S/C14H22N2O/c15-12-3-5-13(6-4-12)16-10-9-11-1-7-14(17)8-2-11/h1-2,7-8,12-13,16-17H,3-6,9-10,15H2. The van der Waals surface area contributed by atoms with Crippen LogP contribution in [-0.2, 0) is 6.42 Å². The van der Waals surface area contributed by atoms with Crippen LogP contribution in [0.2, 0.25) is 0 Å².